The van der Waals surface area contributed by atoms with Crippen LogP contribution in [0.1, 0.15) is 26.3 Å². The average Bonchev–Trinajstić information content (AvgIpc) is 2.85. The van der Waals surface area contributed by atoms with Crippen molar-refractivity contribution in [1.82, 2.24) is 10.2 Å². The van der Waals surface area contributed by atoms with Gasteiger partial charge in [-0.05, 0) is 29.2 Å². The van der Waals surface area contributed by atoms with E-state index in [4.69, 9.17) is 5.73 Å². The van der Waals surface area contributed by atoms with Crippen LogP contribution in [0.5, 0.6) is 0 Å². The zero-order valence-electron chi connectivity index (χ0n) is 12.6. The summed E-state index contributed by atoms with van der Waals surface area (Å²) in [5.74, 6) is 0. The Morgan fingerprint density at radius 2 is 1.86 bits per heavy atom. The van der Waals surface area contributed by atoms with Crippen molar-refractivity contribution in [2.45, 2.75) is 26.2 Å². The second kappa shape index (κ2) is 4.81. The van der Waals surface area contributed by atoms with Crippen molar-refractivity contribution in [3.05, 3.63) is 48.2 Å². The second-order valence-electron chi connectivity index (χ2n) is 6.32. The molecule has 0 saturated carbocycles. The highest BCUT2D eigenvalue weighted by molar-refractivity contribution is 5.90. The van der Waals surface area contributed by atoms with Gasteiger partial charge >= 0.3 is 0 Å². The molecule has 108 valence electrons. The summed E-state index contributed by atoms with van der Waals surface area (Å²) in [5.41, 5.74) is 11.1. The molecule has 3 aromatic rings. The van der Waals surface area contributed by atoms with E-state index in [0.29, 0.717) is 5.69 Å². The molecular formula is C17H20N4. The Morgan fingerprint density at radius 3 is 2.62 bits per heavy atom. The largest absolute Gasteiger partial charge is 0.397 e. The number of nitrogens with two attached hydrogens (primary N) is 1. The molecule has 0 aliphatic rings. The van der Waals surface area contributed by atoms with Crippen molar-refractivity contribution < 1.29 is 0 Å². The smallest absolute Gasteiger partial charge is 0.0672 e. The maximum Gasteiger partial charge on any atom is 0.0672 e. The highest BCUT2D eigenvalue weighted by Gasteiger charge is 2.18. The maximum absolute atomic E-state index is 6.15. The van der Waals surface area contributed by atoms with E-state index < -0.39 is 0 Å². The van der Waals surface area contributed by atoms with Crippen LogP contribution in [0, 0.1) is 0 Å². The van der Waals surface area contributed by atoms with Crippen molar-refractivity contribution in [3.63, 3.8) is 0 Å². The summed E-state index contributed by atoms with van der Waals surface area (Å²) in [6, 6.07) is 12.2. The fraction of sp³-hybridized carbons (Fsp3) is 0.235. The summed E-state index contributed by atoms with van der Waals surface area (Å²) < 4.78 is 0. The van der Waals surface area contributed by atoms with Gasteiger partial charge in [0.1, 0.15) is 0 Å². The second-order valence-corrected chi connectivity index (χ2v) is 6.32. The molecule has 0 aliphatic carbocycles. The third-order valence-corrected chi connectivity index (χ3v) is 3.61. The molecular weight excluding hydrogens is 260 g/mol. The first-order chi connectivity index (χ1) is 9.95. The average molecular weight is 280 g/mol. The predicted molar refractivity (Wildman–Crippen MR) is 88.9 cm³/mol. The Morgan fingerprint density at radius 1 is 1.10 bits per heavy atom. The number of aromatic amines is 1. The van der Waals surface area contributed by atoms with Gasteiger partial charge in [-0.3, -0.25) is 5.10 Å². The van der Waals surface area contributed by atoms with E-state index in [2.05, 4.69) is 54.5 Å². The van der Waals surface area contributed by atoms with Gasteiger partial charge in [0.2, 0.25) is 0 Å². The zero-order valence-corrected chi connectivity index (χ0v) is 12.6. The lowest BCUT2D eigenvalue weighted by molar-refractivity contribution is 0.592. The number of nitrogens with zero attached hydrogens (tertiary/aromatic N) is 1. The molecule has 0 spiro atoms. The topological polar surface area (TPSA) is 66.7 Å². The van der Waals surface area contributed by atoms with E-state index in [1.165, 1.54) is 5.56 Å². The van der Waals surface area contributed by atoms with Gasteiger partial charge in [-0.15, -0.1) is 0 Å². The van der Waals surface area contributed by atoms with Crippen LogP contribution in [-0.2, 0) is 5.41 Å². The van der Waals surface area contributed by atoms with E-state index in [-0.39, 0.29) is 5.41 Å². The van der Waals surface area contributed by atoms with Crippen molar-refractivity contribution in [3.8, 4) is 0 Å². The minimum absolute atomic E-state index is 0.0659. The number of nitrogens with one attached hydrogen (secondary N) is 2. The Kier molecular flexibility index (Phi) is 3.09. The predicted octanol–water partition coefficient (Wildman–Crippen LogP) is 4.19. The summed E-state index contributed by atoms with van der Waals surface area (Å²) in [6.45, 7) is 6.61. The van der Waals surface area contributed by atoms with E-state index in [1.807, 2.05) is 18.2 Å². The van der Waals surface area contributed by atoms with Gasteiger partial charge in [-0.1, -0.05) is 39.0 Å². The van der Waals surface area contributed by atoms with Crippen molar-refractivity contribution >= 4 is 28.0 Å². The molecule has 3 rings (SSSR count). The molecule has 0 aliphatic heterocycles. The maximum atomic E-state index is 6.15. The van der Waals surface area contributed by atoms with Crippen LogP contribution >= 0.6 is 0 Å². The molecule has 1 aromatic heterocycles. The normalized spacial score (nSPS) is 11.8. The third kappa shape index (κ3) is 2.57. The van der Waals surface area contributed by atoms with Crippen LogP contribution in [0.25, 0.3) is 10.9 Å². The molecule has 4 nitrogen and oxygen atoms in total. The minimum atomic E-state index is 0.0659. The number of H-pyrrole nitrogens is 1. The summed E-state index contributed by atoms with van der Waals surface area (Å²) in [6.07, 6.45) is 1.78. The van der Waals surface area contributed by atoms with Gasteiger partial charge in [0.25, 0.3) is 0 Å². The molecule has 2 aromatic carbocycles. The van der Waals surface area contributed by atoms with Crippen LogP contribution in [0.2, 0.25) is 0 Å². The summed E-state index contributed by atoms with van der Waals surface area (Å²) in [4.78, 5) is 0. The monoisotopic (exact) mass is 280 g/mol. The number of aromatic nitrogens is 2. The van der Waals surface area contributed by atoms with Crippen molar-refractivity contribution in [1.29, 1.82) is 0 Å². The fourth-order valence-electron chi connectivity index (χ4n) is 2.51. The molecule has 4 N–H and O–H groups in total. The first-order valence-corrected chi connectivity index (χ1v) is 7.04. The van der Waals surface area contributed by atoms with Crippen LogP contribution in [0.4, 0.5) is 17.1 Å². The number of hydrogen-bond donors (Lipinski definition) is 3. The zero-order chi connectivity index (χ0) is 15.0. The van der Waals surface area contributed by atoms with Gasteiger partial charge in [-0.2, -0.15) is 5.10 Å². The molecule has 0 amide bonds. The Hall–Kier alpha value is -2.49. The molecule has 0 radical (unpaired) electrons. The minimum Gasteiger partial charge on any atom is -0.397 e. The van der Waals surface area contributed by atoms with Crippen molar-refractivity contribution in [2.24, 2.45) is 0 Å². The van der Waals surface area contributed by atoms with Crippen LogP contribution in [0.3, 0.4) is 0 Å². The Balaban J connectivity index is 2.04. The van der Waals surface area contributed by atoms with E-state index in [1.54, 1.807) is 6.20 Å². The van der Waals surface area contributed by atoms with Crippen LogP contribution < -0.4 is 11.1 Å². The molecule has 0 fully saturated rings. The summed E-state index contributed by atoms with van der Waals surface area (Å²) in [5, 5.41) is 11.5. The number of para-hydroxylation sites is 1. The number of rotatable bonds is 2. The van der Waals surface area contributed by atoms with Gasteiger partial charge in [0, 0.05) is 11.1 Å². The lowest BCUT2D eigenvalue weighted by Crippen LogP contribution is -2.13. The number of nitrogen functional groups attached to an aromatic ring is 1. The Labute approximate surface area is 124 Å². The first kappa shape index (κ1) is 13.5. The van der Waals surface area contributed by atoms with E-state index in [0.717, 1.165) is 22.3 Å². The van der Waals surface area contributed by atoms with Gasteiger partial charge < -0.3 is 11.1 Å². The quantitative estimate of drug-likeness (QED) is 0.617. The number of fused-ring (bicyclic) bond motifs is 1. The summed E-state index contributed by atoms with van der Waals surface area (Å²) >= 11 is 0. The lowest BCUT2D eigenvalue weighted by atomic mass is 9.86. The van der Waals surface area contributed by atoms with E-state index in [9.17, 15) is 0 Å². The summed E-state index contributed by atoms with van der Waals surface area (Å²) in [7, 11) is 0. The Bertz CT molecular complexity index is 781. The number of benzene rings is 2. The standard InChI is InChI=1S/C17H20N4/c1-17(2,3)12-6-4-5-7-14(12)20-16-9-15-11(8-13(16)18)10-19-21-15/h4-10,20H,18H2,1-3H3,(H,19,21). The first-order valence-electron chi connectivity index (χ1n) is 7.04. The van der Waals surface area contributed by atoms with Crippen LogP contribution in [-0.4, -0.2) is 10.2 Å². The third-order valence-electron chi connectivity index (χ3n) is 3.61. The van der Waals surface area contributed by atoms with Gasteiger partial charge in [-0.25, -0.2) is 0 Å². The molecule has 0 saturated heterocycles. The molecule has 21 heavy (non-hydrogen) atoms. The molecule has 0 atom stereocenters. The van der Waals surface area contributed by atoms with E-state index >= 15 is 0 Å². The van der Waals surface area contributed by atoms with Gasteiger partial charge in [0.15, 0.2) is 0 Å². The highest BCUT2D eigenvalue weighted by Crippen LogP contribution is 2.33. The SMILES string of the molecule is CC(C)(C)c1ccccc1Nc1cc2[nH]ncc2cc1N. The van der Waals surface area contributed by atoms with Crippen molar-refractivity contribution in [2.75, 3.05) is 11.1 Å². The highest BCUT2D eigenvalue weighted by atomic mass is 15.1. The molecule has 0 bridgehead atoms. The number of anilines is 3. The number of hydrogen-bond acceptors (Lipinski definition) is 3. The van der Waals surface area contributed by atoms with Gasteiger partial charge in [0.05, 0.1) is 23.1 Å². The molecule has 1 heterocycles. The molecule has 4 heteroatoms. The molecule has 0 unspecified atom stereocenters. The lowest BCUT2D eigenvalue weighted by Gasteiger charge is -2.23. The fourth-order valence-corrected chi connectivity index (χ4v) is 2.51. The van der Waals surface area contributed by atoms with Crippen LogP contribution in [0.15, 0.2) is 42.6 Å².